The fourth-order valence-electron chi connectivity index (χ4n) is 2.29. The van der Waals surface area contributed by atoms with Gasteiger partial charge >= 0.3 is 0 Å². The summed E-state index contributed by atoms with van der Waals surface area (Å²) in [6, 6.07) is 0.0312. The van der Waals surface area contributed by atoms with Crippen molar-refractivity contribution in [2.45, 2.75) is 12.5 Å². The lowest BCUT2D eigenvalue weighted by Gasteiger charge is -2.15. The van der Waals surface area contributed by atoms with Crippen LogP contribution in [0.15, 0.2) is 25.0 Å². The fourth-order valence-corrected chi connectivity index (χ4v) is 2.95. The molecule has 11 heteroatoms. The lowest BCUT2D eigenvalue weighted by Crippen LogP contribution is -2.32. The van der Waals surface area contributed by atoms with Gasteiger partial charge in [-0.15, -0.1) is 0 Å². The van der Waals surface area contributed by atoms with E-state index in [0.717, 1.165) is 24.0 Å². The zero-order valence-corrected chi connectivity index (χ0v) is 14.5. The maximum absolute atomic E-state index is 12.5. The second-order valence-electron chi connectivity index (χ2n) is 5.22. The van der Waals surface area contributed by atoms with E-state index in [4.69, 9.17) is 11.6 Å². The molecule has 2 amide bonds. The number of anilines is 2. The van der Waals surface area contributed by atoms with Gasteiger partial charge < -0.3 is 10.2 Å². The Bertz CT molecular complexity index is 795. The zero-order valence-electron chi connectivity index (χ0n) is 13.0. The van der Waals surface area contributed by atoms with Crippen molar-refractivity contribution in [2.24, 2.45) is 0 Å². The third-order valence-electron chi connectivity index (χ3n) is 3.46. The van der Waals surface area contributed by atoms with E-state index in [-0.39, 0.29) is 22.9 Å². The molecule has 0 aliphatic carbocycles. The van der Waals surface area contributed by atoms with E-state index in [2.05, 4.69) is 36.5 Å². The van der Waals surface area contributed by atoms with Crippen molar-refractivity contribution >= 4 is 46.0 Å². The topological polar surface area (TPSA) is 113 Å². The molecule has 0 saturated carbocycles. The van der Waals surface area contributed by atoms with Gasteiger partial charge in [-0.2, -0.15) is 9.36 Å². The van der Waals surface area contributed by atoms with Crippen LogP contribution in [0.2, 0.25) is 5.02 Å². The van der Waals surface area contributed by atoms with Crippen molar-refractivity contribution in [3.63, 3.8) is 0 Å². The first kappa shape index (κ1) is 17.2. The van der Waals surface area contributed by atoms with Crippen LogP contribution < -0.4 is 10.6 Å². The van der Waals surface area contributed by atoms with E-state index in [1.807, 2.05) is 0 Å². The molecule has 0 radical (unpaired) electrons. The summed E-state index contributed by atoms with van der Waals surface area (Å²) in [7, 11) is 0. The Balaban J connectivity index is 1.58. The molecule has 3 heterocycles. The lowest BCUT2D eigenvalue weighted by atomic mass is 10.3. The average molecular weight is 380 g/mol. The van der Waals surface area contributed by atoms with Gasteiger partial charge in [0, 0.05) is 30.7 Å². The van der Waals surface area contributed by atoms with Gasteiger partial charge in [0.15, 0.2) is 0 Å². The molecule has 0 spiro atoms. The second-order valence-corrected chi connectivity index (χ2v) is 6.41. The molecule has 2 aromatic rings. The lowest BCUT2D eigenvalue weighted by molar-refractivity contribution is -0.111. The third kappa shape index (κ3) is 4.28. The zero-order chi connectivity index (χ0) is 17.8. The standard InChI is InChI=1S/C14H14ClN7O2S/c1-2-10(23)19-14-20-11(21-25-14)12(24)22-4-3-9(7-22)18-13-16-5-8(15)6-17-13/h2,5-6,9H,1,3-4,7H2,(H,16,17,18)(H,19,20,21,23)/t9-/m1/s1. The van der Waals surface area contributed by atoms with Crippen molar-refractivity contribution in [1.82, 2.24) is 24.2 Å². The minimum absolute atomic E-state index is 0.0312. The smallest absolute Gasteiger partial charge is 0.292 e. The number of nitrogens with zero attached hydrogens (tertiary/aromatic N) is 5. The molecule has 9 nitrogen and oxygen atoms in total. The predicted molar refractivity (Wildman–Crippen MR) is 93.7 cm³/mol. The van der Waals surface area contributed by atoms with Gasteiger partial charge in [-0.25, -0.2) is 9.97 Å². The highest BCUT2D eigenvalue weighted by molar-refractivity contribution is 7.10. The maximum atomic E-state index is 12.5. The summed E-state index contributed by atoms with van der Waals surface area (Å²) in [5.41, 5.74) is 0. The van der Waals surface area contributed by atoms with Crippen LogP contribution in [-0.4, -0.2) is 55.2 Å². The first-order valence-electron chi connectivity index (χ1n) is 7.35. The summed E-state index contributed by atoms with van der Waals surface area (Å²) in [6.45, 7) is 4.41. The number of nitrogens with one attached hydrogen (secondary N) is 2. The molecule has 3 rings (SSSR count). The van der Waals surface area contributed by atoms with E-state index in [1.54, 1.807) is 4.90 Å². The predicted octanol–water partition coefficient (Wildman–Crippen LogP) is 1.43. The van der Waals surface area contributed by atoms with Crippen LogP contribution in [0.25, 0.3) is 0 Å². The summed E-state index contributed by atoms with van der Waals surface area (Å²) in [5.74, 6) is -0.155. The number of likely N-dealkylation sites (tertiary alicyclic amines) is 1. The van der Waals surface area contributed by atoms with E-state index < -0.39 is 5.91 Å². The molecule has 25 heavy (non-hydrogen) atoms. The molecule has 0 unspecified atom stereocenters. The fraction of sp³-hybridized carbons (Fsp3) is 0.286. The number of halogens is 1. The van der Waals surface area contributed by atoms with Crippen molar-refractivity contribution in [3.05, 3.63) is 35.9 Å². The number of carbonyl (C=O) groups excluding carboxylic acids is 2. The Hall–Kier alpha value is -2.59. The molecule has 0 bridgehead atoms. The molecule has 1 atom stereocenters. The van der Waals surface area contributed by atoms with Gasteiger partial charge in [-0.05, 0) is 12.5 Å². The van der Waals surface area contributed by atoms with Crippen LogP contribution in [-0.2, 0) is 4.79 Å². The highest BCUT2D eigenvalue weighted by Crippen LogP contribution is 2.18. The van der Waals surface area contributed by atoms with Crippen LogP contribution in [0.1, 0.15) is 17.0 Å². The molecule has 1 aliphatic heterocycles. The van der Waals surface area contributed by atoms with E-state index in [0.29, 0.717) is 24.1 Å². The monoisotopic (exact) mass is 379 g/mol. The number of carbonyl (C=O) groups is 2. The third-order valence-corrected chi connectivity index (χ3v) is 4.29. The van der Waals surface area contributed by atoms with Crippen molar-refractivity contribution in [3.8, 4) is 0 Å². The Kier molecular flexibility index (Phi) is 5.19. The highest BCUT2D eigenvalue weighted by Gasteiger charge is 2.29. The highest BCUT2D eigenvalue weighted by atomic mass is 35.5. The SMILES string of the molecule is C=CC(=O)Nc1nc(C(=O)N2CC[C@@H](Nc3ncc(Cl)cn3)C2)ns1. The summed E-state index contributed by atoms with van der Waals surface area (Å²) in [4.78, 5) is 37.5. The molecule has 2 N–H and O–H groups in total. The molecule has 0 aromatic carbocycles. The number of hydrogen-bond donors (Lipinski definition) is 2. The van der Waals surface area contributed by atoms with Gasteiger partial charge in [0.1, 0.15) is 0 Å². The van der Waals surface area contributed by atoms with Gasteiger partial charge in [0.25, 0.3) is 5.91 Å². The van der Waals surface area contributed by atoms with E-state index in [1.165, 1.54) is 12.4 Å². The van der Waals surface area contributed by atoms with Crippen LogP contribution in [0.3, 0.4) is 0 Å². The Morgan fingerprint density at radius 2 is 2.16 bits per heavy atom. The van der Waals surface area contributed by atoms with Gasteiger partial charge in [-0.3, -0.25) is 14.9 Å². The minimum Gasteiger partial charge on any atom is -0.350 e. The molecular weight excluding hydrogens is 366 g/mol. The van der Waals surface area contributed by atoms with Gasteiger partial charge in [0.05, 0.1) is 17.4 Å². The van der Waals surface area contributed by atoms with Crippen LogP contribution in [0, 0.1) is 0 Å². The molecular formula is C14H14ClN7O2S. The van der Waals surface area contributed by atoms with Crippen LogP contribution >= 0.6 is 23.1 Å². The van der Waals surface area contributed by atoms with Crippen molar-refractivity contribution in [2.75, 3.05) is 23.7 Å². The Morgan fingerprint density at radius 3 is 2.88 bits per heavy atom. The van der Waals surface area contributed by atoms with Gasteiger partial charge in [0.2, 0.25) is 22.8 Å². The van der Waals surface area contributed by atoms with Crippen LogP contribution in [0.4, 0.5) is 11.1 Å². The Labute approximate surface area is 152 Å². The maximum Gasteiger partial charge on any atom is 0.292 e. The summed E-state index contributed by atoms with van der Waals surface area (Å²) < 4.78 is 4.00. The van der Waals surface area contributed by atoms with Crippen LogP contribution in [0.5, 0.6) is 0 Å². The van der Waals surface area contributed by atoms with Crippen molar-refractivity contribution in [1.29, 1.82) is 0 Å². The molecule has 1 fully saturated rings. The summed E-state index contributed by atoms with van der Waals surface area (Å²) in [6.07, 6.45) is 4.89. The normalized spacial score (nSPS) is 16.5. The number of hydrogen-bond acceptors (Lipinski definition) is 8. The largest absolute Gasteiger partial charge is 0.350 e. The van der Waals surface area contributed by atoms with Crippen molar-refractivity contribution < 1.29 is 9.59 Å². The van der Waals surface area contributed by atoms with Gasteiger partial charge in [-0.1, -0.05) is 18.2 Å². The molecule has 130 valence electrons. The molecule has 1 saturated heterocycles. The minimum atomic E-state index is -0.399. The second kappa shape index (κ2) is 7.53. The number of rotatable bonds is 5. The average Bonchev–Trinajstić information content (AvgIpc) is 3.26. The first-order chi connectivity index (χ1) is 12.0. The Morgan fingerprint density at radius 1 is 1.40 bits per heavy atom. The number of amides is 2. The van der Waals surface area contributed by atoms with E-state index >= 15 is 0 Å². The first-order valence-corrected chi connectivity index (χ1v) is 8.51. The van der Waals surface area contributed by atoms with E-state index in [9.17, 15) is 9.59 Å². The summed E-state index contributed by atoms with van der Waals surface area (Å²) >= 11 is 6.70. The molecule has 1 aliphatic rings. The number of aromatic nitrogens is 4. The summed E-state index contributed by atoms with van der Waals surface area (Å²) in [5, 5.41) is 6.36. The quantitative estimate of drug-likeness (QED) is 0.755. The molecule has 2 aromatic heterocycles.